The third kappa shape index (κ3) is 6.13. The molecule has 19 heavy (non-hydrogen) atoms. The highest BCUT2D eigenvalue weighted by molar-refractivity contribution is 5.85. The highest BCUT2D eigenvalue weighted by Crippen LogP contribution is 2.20. The molecule has 3 nitrogen and oxygen atoms in total. The number of carbonyl (C=O) groups is 1. The SMILES string of the molecule is CC.CC(C)(C)OC(=O)Nc1cc(F)cc(F)c1F. The van der Waals surface area contributed by atoms with E-state index in [9.17, 15) is 18.0 Å². The molecule has 6 heteroatoms. The summed E-state index contributed by atoms with van der Waals surface area (Å²) in [6, 6.07) is 1.05. The second-order valence-electron chi connectivity index (χ2n) is 4.38. The molecule has 1 rings (SSSR count). The number of halogens is 3. The van der Waals surface area contributed by atoms with Crippen LogP contribution in [-0.2, 0) is 4.74 Å². The number of nitrogens with one attached hydrogen (secondary N) is 1. The summed E-state index contributed by atoms with van der Waals surface area (Å²) in [6.45, 7) is 8.82. The molecule has 0 aromatic heterocycles. The zero-order chi connectivity index (χ0) is 15.2. The highest BCUT2D eigenvalue weighted by Gasteiger charge is 2.19. The lowest BCUT2D eigenvalue weighted by Gasteiger charge is -2.19. The number of rotatable bonds is 1. The quantitative estimate of drug-likeness (QED) is 0.769. The molecule has 0 unspecified atom stereocenters. The van der Waals surface area contributed by atoms with E-state index >= 15 is 0 Å². The van der Waals surface area contributed by atoms with Crippen molar-refractivity contribution < 1.29 is 22.7 Å². The van der Waals surface area contributed by atoms with Crippen molar-refractivity contribution in [2.45, 2.75) is 40.2 Å². The van der Waals surface area contributed by atoms with Gasteiger partial charge in [0.1, 0.15) is 11.4 Å². The molecule has 0 aliphatic rings. The fourth-order valence-corrected chi connectivity index (χ4v) is 1.06. The molecule has 1 aromatic rings. The van der Waals surface area contributed by atoms with Crippen molar-refractivity contribution in [1.29, 1.82) is 0 Å². The summed E-state index contributed by atoms with van der Waals surface area (Å²) in [5.74, 6) is -3.71. The number of carbonyl (C=O) groups excluding carboxylic acids is 1. The topological polar surface area (TPSA) is 38.3 Å². The van der Waals surface area contributed by atoms with E-state index in [0.717, 1.165) is 0 Å². The molecule has 108 valence electrons. The van der Waals surface area contributed by atoms with Gasteiger partial charge in [0.15, 0.2) is 11.6 Å². The minimum atomic E-state index is -1.38. The summed E-state index contributed by atoms with van der Waals surface area (Å²) in [5.41, 5.74) is -1.39. The van der Waals surface area contributed by atoms with Gasteiger partial charge in [0, 0.05) is 12.1 Å². The smallest absolute Gasteiger partial charge is 0.412 e. The van der Waals surface area contributed by atoms with Gasteiger partial charge >= 0.3 is 6.09 Å². The first-order valence-corrected chi connectivity index (χ1v) is 5.83. The van der Waals surface area contributed by atoms with Crippen molar-refractivity contribution in [2.75, 3.05) is 5.32 Å². The molecule has 0 aliphatic carbocycles. The first-order chi connectivity index (χ1) is 8.69. The monoisotopic (exact) mass is 277 g/mol. The van der Waals surface area contributed by atoms with Crippen LogP contribution >= 0.6 is 0 Å². The minimum absolute atomic E-state index is 0.385. The Morgan fingerprint density at radius 3 is 2.16 bits per heavy atom. The summed E-state index contributed by atoms with van der Waals surface area (Å²) in [7, 11) is 0. The Balaban J connectivity index is 0.00000154. The van der Waals surface area contributed by atoms with Gasteiger partial charge in [-0.3, -0.25) is 5.32 Å². The van der Waals surface area contributed by atoms with Gasteiger partial charge in [-0.25, -0.2) is 18.0 Å². The number of ether oxygens (including phenoxy) is 1. The van der Waals surface area contributed by atoms with Crippen molar-refractivity contribution in [1.82, 2.24) is 0 Å². The third-order valence-corrected chi connectivity index (χ3v) is 1.63. The van der Waals surface area contributed by atoms with Crippen LogP contribution in [0.4, 0.5) is 23.7 Å². The Morgan fingerprint density at radius 1 is 1.16 bits per heavy atom. The van der Waals surface area contributed by atoms with Crippen molar-refractivity contribution in [2.24, 2.45) is 0 Å². The minimum Gasteiger partial charge on any atom is -0.444 e. The molecular formula is C13H18F3NO2. The summed E-state index contributed by atoms with van der Waals surface area (Å²) >= 11 is 0. The molecule has 0 saturated heterocycles. The molecule has 1 aromatic carbocycles. The van der Waals surface area contributed by atoms with Gasteiger partial charge in [0.25, 0.3) is 0 Å². The van der Waals surface area contributed by atoms with Crippen LogP contribution in [0.25, 0.3) is 0 Å². The van der Waals surface area contributed by atoms with Crippen LogP contribution in [-0.4, -0.2) is 11.7 Å². The van der Waals surface area contributed by atoms with E-state index in [-0.39, 0.29) is 0 Å². The zero-order valence-electron chi connectivity index (χ0n) is 11.6. The molecule has 0 fully saturated rings. The largest absolute Gasteiger partial charge is 0.444 e. The summed E-state index contributed by atoms with van der Waals surface area (Å²) < 4.78 is 43.6. The average molecular weight is 277 g/mol. The van der Waals surface area contributed by atoms with Crippen molar-refractivity contribution in [3.8, 4) is 0 Å². The summed E-state index contributed by atoms with van der Waals surface area (Å²) in [5, 5.41) is 1.93. The highest BCUT2D eigenvalue weighted by atomic mass is 19.2. The zero-order valence-corrected chi connectivity index (χ0v) is 11.6. The lowest BCUT2D eigenvalue weighted by Crippen LogP contribution is -2.27. The van der Waals surface area contributed by atoms with Gasteiger partial charge in [0.2, 0.25) is 0 Å². The number of hydrogen-bond donors (Lipinski definition) is 1. The molecule has 0 aliphatic heterocycles. The molecule has 0 saturated carbocycles. The van der Waals surface area contributed by atoms with E-state index in [1.807, 2.05) is 19.2 Å². The fourth-order valence-electron chi connectivity index (χ4n) is 1.06. The van der Waals surface area contributed by atoms with Gasteiger partial charge in [-0.05, 0) is 20.8 Å². The molecule has 1 amide bonds. The second-order valence-corrected chi connectivity index (χ2v) is 4.38. The van der Waals surface area contributed by atoms with Crippen LogP contribution in [0.15, 0.2) is 12.1 Å². The number of anilines is 1. The van der Waals surface area contributed by atoms with E-state index in [1.54, 1.807) is 20.8 Å². The average Bonchev–Trinajstić information content (AvgIpc) is 2.25. The standard InChI is InChI=1S/C11H12F3NO2.C2H6/c1-11(2,3)17-10(16)15-8-5-6(12)4-7(13)9(8)14;1-2/h4-5H,1-3H3,(H,15,16);1-2H3. The van der Waals surface area contributed by atoms with E-state index < -0.39 is 34.8 Å². The van der Waals surface area contributed by atoms with E-state index in [0.29, 0.717) is 12.1 Å². The van der Waals surface area contributed by atoms with Gasteiger partial charge in [-0.1, -0.05) is 13.8 Å². The Kier molecular flexibility index (Phi) is 6.38. The van der Waals surface area contributed by atoms with Crippen LogP contribution in [0.1, 0.15) is 34.6 Å². The Labute approximate surface area is 110 Å². The summed E-state index contributed by atoms with van der Waals surface area (Å²) in [4.78, 5) is 11.3. The molecule has 0 radical (unpaired) electrons. The van der Waals surface area contributed by atoms with Crippen molar-refractivity contribution >= 4 is 11.8 Å². The molecule has 0 bridgehead atoms. The first-order valence-electron chi connectivity index (χ1n) is 5.83. The molecule has 0 atom stereocenters. The van der Waals surface area contributed by atoms with Gasteiger partial charge in [0.05, 0.1) is 5.69 Å². The predicted octanol–water partition coefficient (Wildman–Crippen LogP) is 4.48. The lowest BCUT2D eigenvalue weighted by molar-refractivity contribution is 0.0635. The van der Waals surface area contributed by atoms with Crippen molar-refractivity contribution in [3.63, 3.8) is 0 Å². The Morgan fingerprint density at radius 2 is 1.68 bits per heavy atom. The second kappa shape index (κ2) is 7.01. The van der Waals surface area contributed by atoms with E-state index in [2.05, 4.69) is 0 Å². The maximum atomic E-state index is 13.2. The van der Waals surface area contributed by atoms with Gasteiger partial charge in [-0.2, -0.15) is 0 Å². The van der Waals surface area contributed by atoms with Crippen LogP contribution in [0.3, 0.4) is 0 Å². The van der Waals surface area contributed by atoms with Gasteiger partial charge < -0.3 is 4.74 Å². The fraction of sp³-hybridized carbons (Fsp3) is 0.462. The van der Waals surface area contributed by atoms with Crippen molar-refractivity contribution in [3.05, 3.63) is 29.6 Å². The maximum Gasteiger partial charge on any atom is 0.412 e. The van der Waals surface area contributed by atoms with E-state index in [1.165, 1.54) is 0 Å². The number of amides is 1. The van der Waals surface area contributed by atoms with Gasteiger partial charge in [-0.15, -0.1) is 0 Å². The van der Waals surface area contributed by atoms with Crippen LogP contribution < -0.4 is 5.32 Å². The lowest BCUT2D eigenvalue weighted by atomic mass is 10.2. The third-order valence-electron chi connectivity index (χ3n) is 1.63. The van der Waals surface area contributed by atoms with Crippen LogP contribution in [0.2, 0.25) is 0 Å². The summed E-state index contributed by atoms with van der Waals surface area (Å²) in [6.07, 6.45) is -0.985. The number of hydrogen-bond acceptors (Lipinski definition) is 2. The molecule has 0 spiro atoms. The molecular weight excluding hydrogens is 259 g/mol. The number of benzene rings is 1. The normalized spacial score (nSPS) is 10.3. The predicted molar refractivity (Wildman–Crippen MR) is 67.5 cm³/mol. The van der Waals surface area contributed by atoms with E-state index in [4.69, 9.17) is 4.74 Å². The Bertz CT molecular complexity index is 442. The van der Waals surface area contributed by atoms with Crippen LogP contribution in [0, 0.1) is 17.5 Å². The molecule has 1 N–H and O–H groups in total. The first kappa shape index (κ1) is 17.3. The molecule has 0 heterocycles. The maximum absolute atomic E-state index is 13.2. The Hall–Kier alpha value is -1.72. The van der Waals surface area contributed by atoms with Crippen LogP contribution in [0.5, 0.6) is 0 Å².